The molecule has 2 heterocycles. The summed E-state index contributed by atoms with van der Waals surface area (Å²) in [5.41, 5.74) is 3.51. The van der Waals surface area contributed by atoms with Gasteiger partial charge in [-0.1, -0.05) is 59.2 Å². The minimum absolute atomic E-state index is 0. The van der Waals surface area contributed by atoms with E-state index in [1.807, 2.05) is 24.3 Å². The van der Waals surface area contributed by atoms with Crippen molar-refractivity contribution >= 4 is 29.7 Å². The average molecular weight is 406 g/mol. The molecule has 4 rings (SSSR count). The van der Waals surface area contributed by atoms with Crippen LogP contribution < -0.4 is 0 Å². The lowest BCUT2D eigenvalue weighted by Crippen LogP contribution is -2.48. The van der Waals surface area contributed by atoms with E-state index in [4.69, 9.17) is 16.4 Å². The van der Waals surface area contributed by atoms with E-state index in [2.05, 4.69) is 45.3 Å². The minimum atomic E-state index is 0. The summed E-state index contributed by atoms with van der Waals surface area (Å²) in [5.74, 6) is 0. The van der Waals surface area contributed by atoms with Crippen LogP contribution in [0.15, 0.2) is 59.8 Å². The lowest BCUT2D eigenvalue weighted by Gasteiger charge is -2.35. The molecule has 4 nitrogen and oxygen atoms in total. The van der Waals surface area contributed by atoms with Gasteiger partial charge in [0.15, 0.2) is 0 Å². The fourth-order valence-corrected chi connectivity index (χ4v) is 3.72. The molecule has 0 aliphatic carbocycles. The Kier molecular flexibility index (Phi) is 7.13. The molecule has 1 fully saturated rings. The van der Waals surface area contributed by atoms with Crippen LogP contribution in [-0.2, 0) is 11.4 Å². The van der Waals surface area contributed by atoms with Crippen molar-refractivity contribution in [2.45, 2.75) is 19.1 Å². The molecule has 2 aliphatic heterocycles. The lowest BCUT2D eigenvalue weighted by atomic mass is 10.0. The van der Waals surface area contributed by atoms with E-state index in [-0.39, 0.29) is 18.5 Å². The van der Waals surface area contributed by atoms with Crippen molar-refractivity contribution < 1.29 is 4.84 Å². The first kappa shape index (κ1) is 20.2. The quantitative estimate of drug-likeness (QED) is 0.749. The molecule has 0 saturated carbocycles. The summed E-state index contributed by atoms with van der Waals surface area (Å²) in [6.45, 7) is 6.36. The highest BCUT2D eigenvalue weighted by Crippen LogP contribution is 2.20. The molecule has 0 amide bonds. The number of halogens is 2. The van der Waals surface area contributed by atoms with Gasteiger partial charge in [0.1, 0.15) is 6.10 Å². The number of piperazine rings is 1. The maximum atomic E-state index is 5.96. The van der Waals surface area contributed by atoms with Gasteiger partial charge in [-0.2, -0.15) is 0 Å². The minimum Gasteiger partial charge on any atom is -0.390 e. The van der Waals surface area contributed by atoms with Crippen molar-refractivity contribution in [2.75, 3.05) is 32.7 Å². The standard InChI is InChI=1S/C21H24ClN3O.ClH/c22-19-8-6-18(7-9-19)21-14-20(26-23-21)16-25-12-10-24(11-13-25)15-17-4-2-1-3-5-17;/h1-9,20H,10-16H2;1H. The first-order valence-electron chi connectivity index (χ1n) is 9.23. The number of rotatable bonds is 5. The molecule has 0 radical (unpaired) electrons. The highest BCUT2D eigenvalue weighted by molar-refractivity contribution is 6.30. The van der Waals surface area contributed by atoms with Crippen molar-refractivity contribution in [3.63, 3.8) is 0 Å². The van der Waals surface area contributed by atoms with Crippen molar-refractivity contribution in [1.82, 2.24) is 9.80 Å². The van der Waals surface area contributed by atoms with Gasteiger partial charge in [-0.3, -0.25) is 9.80 Å². The first-order chi connectivity index (χ1) is 12.8. The SMILES string of the molecule is Cl.Clc1ccc(C2=NOC(CN3CCN(Cc4ccccc4)CC3)C2)cc1. The van der Waals surface area contributed by atoms with E-state index in [0.29, 0.717) is 0 Å². The second kappa shape index (κ2) is 9.56. The van der Waals surface area contributed by atoms with E-state index in [0.717, 1.165) is 62.0 Å². The zero-order valence-corrected chi connectivity index (χ0v) is 16.8. The van der Waals surface area contributed by atoms with E-state index in [1.54, 1.807) is 0 Å². The summed E-state index contributed by atoms with van der Waals surface area (Å²) in [4.78, 5) is 10.7. The topological polar surface area (TPSA) is 28.1 Å². The molecule has 6 heteroatoms. The Bertz CT molecular complexity index is 744. The zero-order chi connectivity index (χ0) is 17.8. The van der Waals surface area contributed by atoms with E-state index < -0.39 is 0 Å². The van der Waals surface area contributed by atoms with Crippen LogP contribution in [0.25, 0.3) is 0 Å². The number of nitrogens with zero attached hydrogens (tertiary/aromatic N) is 3. The van der Waals surface area contributed by atoms with Gasteiger partial charge in [-0.15, -0.1) is 12.4 Å². The van der Waals surface area contributed by atoms with Gasteiger partial charge in [-0.25, -0.2) is 0 Å². The predicted molar refractivity (Wildman–Crippen MR) is 113 cm³/mol. The van der Waals surface area contributed by atoms with Gasteiger partial charge in [-0.05, 0) is 23.3 Å². The molecule has 0 aromatic heterocycles. The Balaban J connectivity index is 0.00000210. The largest absolute Gasteiger partial charge is 0.390 e. The summed E-state index contributed by atoms with van der Waals surface area (Å²) in [7, 11) is 0. The van der Waals surface area contributed by atoms with Crippen LogP contribution in [-0.4, -0.2) is 54.3 Å². The maximum absolute atomic E-state index is 5.96. The Hall–Kier alpha value is -1.59. The molecule has 27 heavy (non-hydrogen) atoms. The smallest absolute Gasteiger partial charge is 0.145 e. The normalized spacial score (nSPS) is 20.6. The molecular formula is C21H25Cl2N3O. The van der Waals surface area contributed by atoms with Crippen LogP contribution in [0, 0.1) is 0 Å². The summed E-state index contributed by atoms with van der Waals surface area (Å²) in [6.07, 6.45) is 1.02. The Labute approximate surface area is 172 Å². The first-order valence-corrected chi connectivity index (χ1v) is 9.61. The number of hydrogen-bond donors (Lipinski definition) is 0. The fraction of sp³-hybridized carbons (Fsp3) is 0.381. The van der Waals surface area contributed by atoms with Crippen molar-refractivity contribution in [3.05, 3.63) is 70.7 Å². The van der Waals surface area contributed by atoms with Crippen LogP contribution in [0.5, 0.6) is 0 Å². The van der Waals surface area contributed by atoms with Crippen molar-refractivity contribution in [2.24, 2.45) is 5.16 Å². The average Bonchev–Trinajstić information content (AvgIpc) is 3.13. The Morgan fingerprint density at radius 3 is 2.30 bits per heavy atom. The highest BCUT2D eigenvalue weighted by Gasteiger charge is 2.26. The third-order valence-electron chi connectivity index (χ3n) is 5.09. The van der Waals surface area contributed by atoms with Crippen LogP contribution in [0.1, 0.15) is 17.5 Å². The molecule has 1 unspecified atom stereocenters. The van der Waals surface area contributed by atoms with E-state index >= 15 is 0 Å². The number of hydrogen-bond acceptors (Lipinski definition) is 4. The molecule has 1 atom stereocenters. The van der Waals surface area contributed by atoms with Gasteiger partial charge in [0.05, 0.1) is 5.71 Å². The molecule has 0 bridgehead atoms. The summed E-state index contributed by atoms with van der Waals surface area (Å²) >= 11 is 5.96. The molecule has 2 aromatic carbocycles. The van der Waals surface area contributed by atoms with Crippen LogP contribution in [0.3, 0.4) is 0 Å². The van der Waals surface area contributed by atoms with Gasteiger partial charge < -0.3 is 4.84 Å². The van der Waals surface area contributed by atoms with Crippen LogP contribution in [0.4, 0.5) is 0 Å². The molecular weight excluding hydrogens is 381 g/mol. The third-order valence-corrected chi connectivity index (χ3v) is 5.34. The number of benzene rings is 2. The van der Waals surface area contributed by atoms with E-state index in [9.17, 15) is 0 Å². The van der Waals surface area contributed by atoms with Gasteiger partial charge >= 0.3 is 0 Å². The third kappa shape index (κ3) is 5.45. The second-order valence-corrected chi connectivity index (χ2v) is 7.48. The molecule has 2 aliphatic rings. The second-order valence-electron chi connectivity index (χ2n) is 7.04. The van der Waals surface area contributed by atoms with Crippen LogP contribution >= 0.6 is 24.0 Å². The van der Waals surface area contributed by atoms with Gasteiger partial charge in [0, 0.05) is 50.7 Å². The molecule has 144 valence electrons. The highest BCUT2D eigenvalue weighted by atomic mass is 35.5. The van der Waals surface area contributed by atoms with Crippen LogP contribution in [0.2, 0.25) is 5.02 Å². The Morgan fingerprint density at radius 1 is 0.926 bits per heavy atom. The van der Waals surface area contributed by atoms with Gasteiger partial charge in [0.2, 0.25) is 0 Å². The number of oxime groups is 1. The monoisotopic (exact) mass is 405 g/mol. The van der Waals surface area contributed by atoms with Crippen molar-refractivity contribution in [3.8, 4) is 0 Å². The summed E-state index contributed by atoms with van der Waals surface area (Å²) in [6, 6.07) is 18.5. The van der Waals surface area contributed by atoms with E-state index in [1.165, 1.54) is 5.56 Å². The molecule has 2 aromatic rings. The Morgan fingerprint density at radius 2 is 1.59 bits per heavy atom. The zero-order valence-electron chi connectivity index (χ0n) is 15.3. The molecule has 1 saturated heterocycles. The summed E-state index contributed by atoms with van der Waals surface area (Å²) < 4.78 is 0. The molecule has 0 N–H and O–H groups in total. The lowest BCUT2D eigenvalue weighted by molar-refractivity contribution is 0.0338. The van der Waals surface area contributed by atoms with Gasteiger partial charge in [0.25, 0.3) is 0 Å². The van der Waals surface area contributed by atoms with Crippen molar-refractivity contribution in [1.29, 1.82) is 0 Å². The maximum Gasteiger partial charge on any atom is 0.145 e. The predicted octanol–water partition coefficient (Wildman–Crippen LogP) is 4.07. The molecule has 0 spiro atoms. The summed E-state index contributed by atoms with van der Waals surface area (Å²) in [5, 5.41) is 5.04. The fourth-order valence-electron chi connectivity index (χ4n) is 3.60.